The Morgan fingerprint density at radius 3 is 2.57 bits per heavy atom. The largest absolute Gasteiger partial charge is 0.508 e. The number of morpholine rings is 1. The maximum absolute atomic E-state index is 9.45. The zero-order chi connectivity index (χ0) is 16.2. The molecule has 0 aromatic heterocycles. The van der Waals surface area contributed by atoms with Crippen molar-refractivity contribution in [2.24, 2.45) is 5.92 Å². The Morgan fingerprint density at radius 2 is 1.91 bits per heavy atom. The Morgan fingerprint density at radius 1 is 1.22 bits per heavy atom. The van der Waals surface area contributed by atoms with Crippen molar-refractivity contribution < 1.29 is 9.84 Å². The van der Waals surface area contributed by atoms with Crippen LogP contribution in [0.2, 0.25) is 5.02 Å². The van der Waals surface area contributed by atoms with Crippen LogP contribution in [-0.4, -0.2) is 60.3 Å². The Kier molecular flexibility index (Phi) is 5.81. The summed E-state index contributed by atoms with van der Waals surface area (Å²) in [5, 5.41) is 10.1. The van der Waals surface area contributed by atoms with E-state index in [0.29, 0.717) is 11.1 Å². The number of piperidine rings is 1. The van der Waals surface area contributed by atoms with Crippen molar-refractivity contribution in [2.75, 3.05) is 39.4 Å². The van der Waals surface area contributed by atoms with E-state index in [1.165, 1.54) is 12.8 Å². The molecule has 1 aromatic carbocycles. The number of benzene rings is 1. The molecule has 1 aromatic rings. The van der Waals surface area contributed by atoms with Crippen molar-refractivity contribution in [3.05, 3.63) is 28.8 Å². The van der Waals surface area contributed by atoms with Gasteiger partial charge in [-0.1, -0.05) is 17.7 Å². The fourth-order valence-electron chi connectivity index (χ4n) is 3.78. The fraction of sp³-hybridized carbons (Fsp3) is 0.667. The molecule has 0 bridgehead atoms. The van der Waals surface area contributed by atoms with E-state index >= 15 is 0 Å². The predicted octanol–water partition coefficient (Wildman–Crippen LogP) is 2.98. The van der Waals surface area contributed by atoms with Crippen molar-refractivity contribution in [1.82, 2.24) is 9.80 Å². The van der Waals surface area contributed by atoms with E-state index in [1.807, 2.05) is 6.07 Å². The van der Waals surface area contributed by atoms with Crippen molar-refractivity contribution in [3.63, 3.8) is 0 Å². The van der Waals surface area contributed by atoms with Gasteiger partial charge in [0, 0.05) is 30.7 Å². The van der Waals surface area contributed by atoms with Gasteiger partial charge in [-0.3, -0.25) is 9.80 Å². The molecule has 0 amide bonds. The summed E-state index contributed by atoms with van der Waals surface area (Å²) in [6.07, 6.45) is 2.49. The van der Waals surface area contributed by atoms with Crippen LogP contribution in [0.25, 0.3) is 0 Å². The number of halogens is 1. The first-order chi connectivity index (χ1) is 11.1. The Bertz CT molecular complexity index is 512. The molecule has 0 radical (unpaired) electrons. The molecule has 2 aliphatic rings. The van der Waals surface area contributed by atoms with Crippen molar-refractivity contribution in [3.8, 4) is 5.75 Å². The minimum Gasteiger partial charge on any atom is -0.508 e. The highest BCUT2D eigenvalue weighted by Crippen LogP contribution is 2.28. The molecule has 0 unspecified atom stereocenters. The molecule has 4 nitrogen and oxygen atoms in total. The Labute approximate surface area is 144 Å². The molecule has 2 fully saturated rings. The number of aromatic hydroxyl groups is 1. The van der Waals surface area contributed by atoms with Crippen LogP contribution in [-0.2, 0) is 11.3 Å². The van der Waals surface area contributed by atoms with Gasteiger partial charge in [0.2, 0.25) is 0 Å². The maximum atomic E-state index is 9.45. The zero-order valence-corrected chi connectivity index (χ0v) is 14.6. The first-order valence-electron chi connectivity index (χ1n) is 8.65. The third-order valence-electron chi connectivity index (χ3n) is 5.37. The summed E-state index contributed by atoms with van der Waals surface area (Å²) in [6.45, 7) is 9.40. The summed E-state index contributed by atoms with van der Waals surface area (Å²) in [6, 6.07) is 5.93. The quantitative estimate of drug-likeness (QED) is 0.915. The van der Waals surface area contributed by atoms with Gasteiger partial charge in [0.25, 0.3) is 0 Å². The molecule has 5 heteroatoms. The molecule has 0 saturated carbocycles. The molecule has 1 N–H and O–H groups in total. The molecule has 128 valence electrons. The second kappa shape index (κ2) is 7.84. The van der Waals surface area contributed by atoms with Crippen LogP contribution >= 0.6 is 11.6 Å². The number of phenols is 1. The maximum Gasteiger partial charge on any atom is 0.117 e. The van der Waals surface area contributed by atoms with Crippen LogP contribution in [0.5, 0.6) is 5.75 Å². The smallest absolute Gasteiger partial charge is 0.117 e. The van der Waals surface area contributed by atoms with Crippen molar-refractivity contribution >= 4 is 11.6 Å². The van der Waals surface area contributed by atoms with E-state index in [-0.39, 0.29) is 5.75 Å². The van der Waals surface area contributed by atoms with Crippen LogP contribution in [0.3, 0.4) is 0 Å². The molecule has 0 aliphatic carbocycles. The zero-order valence-electron chi connectivity index (χ0n) is 13.9. The lowest BCUT2D eigenvalue weighted by Gasteiger charge is -2.41. The van der Waals surface area contributed by atoms with Crippen LogP contribution in [0.1, 0.15) is 25.3 Å². The molecule has 3 rings (SSSR count). The van der Waals surface area contributed by atoms with E-state index in [2.05, 4.69) is 16.7 Å². The lowest BCUT2D eigenvalue weighted by Crippen LogP contribution is -2.48. The third kappa shape index (κ3) is 4.38. The average Bonchev–Trinajstić information content (AvgIpc) is 2.58. The van der Waals surface area contributed by atoms with E-state index in [0.717, 1.165) is 57.4 Å². The van der Waals surface area contributed by atoms with Crippen LogP contribution < -0.4 is 0 Å². The van der Waals surface area contributed by atoms with Crippen LogP contribution in [0, 0.1) is 5.92 Å². The number of hydrogen-bond acceptors (Lipinski definition) is 4. The number of ether oxygens (including phenoxy) is 1. The molecular formula is C18H27ClN2O2. The highest BCUT2D eigenvalue weighted by atomic mass is 35.5. The second-order valence-corrected chi connectivity index (χ2v) is 7.19. The standard InChI is InChI=1S/C18H27ClN2O2/c1-14(21-8-10-23-11-9-21)15-4-6-20(7-5-15)13-16-2-3-17(22)12-18(16)19/h2-3,12,14-15,22H,4-11,13H2,1H3/t14-/m0/s1. The number of likely N-dealkylation sites (tertiary alicyclic amines) is 1. The normalized spacial score (nSPS) is 23.0. The summed E-state index contributed by atoms with van der Waals surface area (Å²) >= 11 is 6.22. The van der Waals surface area contributed by atoms with Crippen LogP contribution in [0.4, 0.5) is 0 Å². The summed E-state index contributed by atoms with van der Waals surface area (Å²) in [4.78, 5) is 5.06. The number of phenolic OH excluding ortho intramolecular Hbond substituents is 1. The topological polar surface area (TPSA) is 35.9 Å². The average molecular weight is 339 g/mol. The fourth-order valence-corrected chi connectivity index (χ4v) is 4.02. The van der Waals surface area contributed by atoms with Gasteiger partial charge in [-0.05, 0) is 56.5 Å². The summed E-state index contributed by atoms with van der Waals surface area (Å²) in [5.41, 5.74) is 1.10. The van der Waals surface area contributed by atoms with Crippen molar-refractivity contribution in [1.29, 1.82) is 0 Å². The van der Waals surface area contributed by atoms with E-state index < -0.39 is 0 Å². The summed E-state index contributed by atoms with van der Waals surface area (Å²) in [5.74, 6) is 1.01. The Balaban J connectivity index is 1.49. The lowest BCUT2D eigenvalue weighted by atomic mass is 9.89. The molecule has 1 atom stereocenters. The number of nitrogens with zero attached hydrogens (tertiary/aromatic N) is 2. The number of hydrogen-bond donors (Lipinski definition) is 1. The van der Waals surface area contributed by atoms with Gasteiger partial charge in [-0.25, -0.2) is 0 Å². The van der Waals surface area contributed by atoms with Crippen LogP contribution in [0.15, 0.2) is 18.2 Å². The highest BCUT2D eigenvalue weighted by Gasteiger charge is 2.28. The third-order valence-corrected chi connectivity index (χ3v) is 5.72. The van der Waals surface area contributed by atoms with Gasteiger partial charge in [0.05, 0.1) is 13.2 Å². The monoisotopic (exact) mass is 338 g/mol. The molecule has 0 spiro atoms. The first-order valence-corrected chi connectivity index (χ1v) is 9.03. The van der Waals surface area contributed by atoms with E-state index in [1.54, 1.807) is 12.1 Å². The van der Waals surface area contributed by atoms with Gasteiger partial charge >= 0.3 is 0 Å². The van der Waals surface area contributed by atoms with E-state index in [4.69, 9.17) is 16.3 Å². The SMILES string of the molecule is C[C@@H](C1CCN(Cc2ccc(O)cc2Cl)CC1)N1CCOCC1. The van der Waals surface area contributed by atoms with Gasteiger partial charge in [-0.2, -0.15) is 0 Å². The second-order valence-electron chi connectivity index (χ2n) is 6.78. The molecular weight excluding hydrogens is 312 g/mol. The summed E-state index contributed by atoms with van der Waals surface area (Å²) < 4.78 is 5.46. The molecule has 2 saturated heterocycles. The lowest BCUT2D eigenvalue weighted by molar-refractivity contribution is -0.00192. The molecule has 2 aliphatic heterocycles. The minimum atomic E-state index is 0.233. The number of rotatable bonds is 4. The first kappa shape index (κ1) is 17.0. The predicted molar refractivity (Wildman–Crippen MR) is 93.0 cm³/mol. The van der Waals surface area contributed by atoms with Crippen molar-refractivity contribution in [2.45, 2.75) is 32.4 Å². The van der Waals surface area contributed by atoms with E-state index in [9.17, 15) is 5.11 Å². The highest BCUT2D eigenvalue weighted by molar-refractivity contribution is 6.31. The Hall–Kier alpha value is -0.810. The minimum absolute atomic E-state index is 0.233. The molecule has 23 heavy (non-hydrogen) atoms. The van der Waals surface area contributed by atoms with Gasteiger partial charge < -0.3 is 9.84 Å². The molecule has 2 heterocycles. The summed E-state index contributed by atoms with van der Waals surface area (Å²) in [7, 11) is 0. The van der Waals surface area contributed by atoms with Gasteiger partial charge in [0.1, 0.15) is 5.75 Å². The van der Waals surface area contributed by atoms with Gasteiger partial charge in [-0.15, -0.1) is 0 Å². The van der Waals surface area contributed by atoms with Gasteiger partial charge in [0.15, 0.2) is 0 Å².